The summed E-state index contributed by atoms with van der Waals surface area (Å²) in [5, 5.41) is 12.8. The molecule has 0 radical (unpaired) electrons. The molecule has 0 aromatic carbocycles. The molecule has 2 heterocycles. The lowest BCUT2D eigenvalue weighted by molar-refractivity contribution is 0.122. The molecule has 2 bridgehead atoms. The predicted molar refractivity (Wildman–Crippen MR) is 95.7 cm³/mol. The SMILES string of the molecule is CC1CN(c2cc(NC3CC4CCC3C4)nc(N)n2)CCN1C(=O)O. The molecular formula is C17H26N6O2. The van der Waals surface area contributed by atoms with Gasteiger partial charge in [0.1, 0.15) is 11.6 Å². The molecule has 1 aliphatic heterocycles. The minimum atomic E-state index is -0.868. The van der Waals surface area contributed by atoms with Crippen molar-refractivity contribution in [1.82, 2.24) is 14.9 Å². The summed E-state index contributed by atoms with van der Waals surface area (Å²) >= 11 is 0. The molecule has 136 valence electrons. The number of fused-ring (bicyclic) bond motifs is 2. The molecule has 1 amide bonds. The first kappa shape index (κ1) is 16.2. The van der Waals surface area contributed by atoms with Crippen molar-refractivity contribution in [1.29, 1.82) is 0 Å². The number of amides is 1. The zero-order valence-corrected chi connectivity index (χ0v) is 14.6. The largest absolute Gasteiger partial charge is 0.465 e. The zero-order valence-electron chi connectivity index (χ0n) is 14.6. The fourth-order valence-electron chi connectivity index (χ4n) is 4.75. The molecule has 1 saturated heterocycles. The van der Waals surface area contributed by atoms with Gasteiger partial charge in [0.15, 0.2) is 0 Å². The summed E-state index contributed by atoms with van der Waals surface area (Å²) < 4.78 is 0. The van der Waals surface area contributed by atoms with Crippen molar-refractivity contribution in [2.45, 2.75) is 44.7 Å². The second-order valence-corrected chi connectivity index (χ2v) is 7.67. The predicted octanol–water partition coefficient (Wildman–Crippen LogP) is 1.85. The first-order valence-electron chi connectivity index (χ1n) is 9.15. The number of aromatic nitrogens is 2. The molecule has 4 unspecified atom stereocenters. The highest BCUT2D eigenvalue weighted by Crippen LogP contribution is 2.45. The van der Waals surface area contributed by atoms with Crippen molar-refractivity contribution in [2.75, 3.05) is 35.6 Å². The lowest BCUT2D eigenvalue weighted by atomic mass is 9.95. The van der Waals surface area contributed by atoms with Crippen LogP contribution < -0.4 is 16.0 Å². The van der Waals surface area contributed by atoms with Crippen LogP contribution in [0.5, 0.6) is 0 Å². The minimum absolute atomic E-state index is 0.0792. The fraction of sp³-hybridized carbons (Fsp3) is 0.706. The molecule has 8 heteroatoms. The summed E-state index contributed by atoms with van der Waals surface area (Å²) in [6.07, 6.45) is 4.36. The van der Waals surface area contributed by atoms with E-state index >= 15 is 0 Å². The average Bonchev–Trinajstić information content (AvgIpc) is 3.16. The monoisotopic (exact) mass is 346 g/mol. The maximum Gasteiger partial charge on any atom is 0.407 e. The van der Waals surface area contributed by atoms with Crippen LogP contribution in [0.3, 0.4) is 0 Å². The van der Waals surface area contributed by atoms with Gasteiger partial charge in [0.05, 0.1) is 0 Å². The van der Waals surface area contributed by atoms with Gasteiger partial charge in [-0.05, 0) is 38.0 Å². The van der Waals surface area contributed by atoms with E-state index in [0.29, 0.717) is 25.7 Å². The molecule has 4 atom stereocenters. The van der Waals surface area contributed by atoms with E-state index in [-0.39, 0.29) is 12.0 Å². The van der Waals surface area contributed by atoms with E-state index in [4.69, 9.17) is 5.73 Å². The standard InChI is InChI=1S/C17H26N6O2/c1-10-9-22(4-5-23(10)17(24)25)15-8-14(20-16(18)21-15)19-13-7-11-2-3-12(13)6-11/h8,10-13H,2-7,9H2,1H3,(H,24,25)(H3,18,19,20,21). The van der Waals surface area contributed by atoms with Crippen LogP contribution in [0.15, 0.2) is 6.07 Å². The number of carboxylic acid groups (broad SMARTS) is 1. The third kappa shape index (κ3) is 3.17. The molecule has 2 aliphatic carbocycles. The molecule has 25 heavy (non-hydrogen) atoms. The Hall–Kier alpha value is -2.25. The zero-order chi connectivity index (χ0) is 17.6. The minimum Gasteiger partial charge on any atom is -0.465 e. The molecule has 4 rings (SSSR count). The maximum absolute atomic E-state index is 11.2. The van der Waals surface area contributed by atoms with Crippen molar-refractivity contribution in [3.05, 3.63) is 6.07 Å². The summed E-state index contributed by atoms with van der Waals surface area (Å²) in [6.45, 7) is 3.60. The van der Waals surface area contributed by atoms with Crippen LogP contribution in [0.1, 0.15) is 32.6 Å². The molecule has 1 aromatic rings. The van der Waals surface area contributed by atoms with Crippen LogP contribution in [0.2, 0.25) is 0 Å². The number of anilines is 3. The molecule has 2 saturated carbocycles. The van der Waals surface area contributed by atoms with E-state index in [2.05, 4.69) is 20.2 Å². The topological polar surface area (TPSA) is 108 Å². The van der Waals surface area contributed by atoms with E-state index in [1.807, 2.05) is 13.0 Å². The van der Waals surface area contributed by atoms with Gasteiger partial charge in [-0.25, -0.2) is 4.79 Å². The van der Waals surface area contributed by atoms with Crippen molar-refractivity contribution < 1.29 is 9.90 Å². The van der Waals surface area contributed by atoms with E-state index < -0.39 is 6.09 Å². The van der Waals surface area contributed by atoms with E-state index in [0.717, 1.165) is 23.5 Å². The number of rotatable bonds is 3. The van der Waals surface area contributed by atoms with Crippen molar-refractivity contribution in [3.8, 4) is 0 Å². The Balaban J connectivity index is 1.47. The van der Waals surface area contributed by atoms with Gasteiger partial charge in [0.25, 0.3) is 0 Å². The van der Waals surface area contributed by atoms with Crippen molar-refractivity contribution in [3.63, 3.8) is 0 Å². The van der Waals surface area contributed by atoms with Crippen LogP contribution in [0.4, 0.5) is 22.4 Å². The van der Waals surface area contributed by atoms with Gasteiger partial charge in [0, 0.05) is 37.8 Å². The Kier molecular flexibility index (Phi) is 4.05. The average molecular weight is 346 g/mol. The molecule has 8 nitrogen and oxygen atoms in total. The van der Waals surface area contributed by atoms with E-state index in [1.54, 1.807) is 0 Å². The Morgan fingerprint density at radius 3 is 2.80 bits per heavy atom. The second-order valence-electron chi connectivity index (χ2n) is 7.67. The number of nitrogens with two attached hydrogens (primary N) is 1. The third-order valence-electron chi connectivity index (χ3n) is 6.00. The smallest absolute Gasteiger partial charge is 0.407 e. The van der Waals surface area contributed by atoms with Crippen LogP contribution in [0, 0.1) is 11.8 Å². The molecule has 0 spiro atoms. The summed E-state index contributed by atoms with van der Waals surface area (Å²) in [7, 11) is 0. The fourth-order valence-corrected chi connectivity index (χ4v) is 4.75. The van der Waals surface area contributed by atoms with E-state index in [9.17, 15) is 9.90 Å². The lowest BCUT2D eigenvalue weighted by Gasteiger charge is -2.39. The molecule has 1 aromatic heterocycles. The van der Waals surface area contributed by atoms with E-state index in [1.165, 1.54) is 30.6 Å². The Bertz CT molecular complexity index is 669. The van der Waals surface area contributed by atoms with Crippen LogP contribution >= 0.6 is 0 Å². The number of carbonyl (C=O) groups is 1. The summed E-state index contributed by atoms with van der Waals surface area (Å²) in [5.74, 6) is 3.44. The van der Waals surface area contributed by atoms with Gasteiger partial charge in [0.2, 0.25) is 5.95 Å². The first-order valence-corrected chi connectivity index (χ1v) is 9.15. The molecule has 4 N–H and O–H groups in total. The van der Waals surface area contributed by atoms with Gasteiger partial charge in [-0.3, -0.25) is 0 Å². The van der Waals surface area contributed by atoms with Gasteiger partial charge in [-0.15, -0.1) is 0 Å². The number of piperazine rings is 1. The highest BCUT2D eigenvalue weighted by Gasteiger charge is 2.39. The quantitative estimate of drug-likeness (QED) is 0.766. The Labute approximate surface area is 147 Å². The molecule has 3 fully saturated rings. The summed E-state index contributed by atoms with van der Waals surface area (Å²) in [6, 6.07) is 2.36. The maximum atomic E-state index is 11.2. The highest BCUT2D eigenvalue weighted by atomic mass is 16.4. The normalized spacial score (nSPS) is 31.4. The van der Waals surface area contributed by atoms with Crippen molar-refractivity contribution >= 4 is 23.7 Å². The molecular weight excluding hydrogens is 320 g/mol. The van der Waals surface area contributed by atoms with Crippen LogP contribution in [-0.4, -0.2) is 57.8 Å². The van der Waals surface area contributed by atoms with Gasteiger partial charge >= 0.3 is 6.09 Å². The van der Waals surface area contributed by atoms with Gasteiger partial charge in [-0.1, -0.05) is 6.42 Å². The van der Waals surface area contributed by atoms with Crippen LogP contribution in [-0.2, 0) is 0 Å². The third-order valence-corrected chi connectivity index (χ3v) is 6.00. The van der Waals surface area contributed by atoms with Gasteiger partial charge in [-0.2, -0.15) is 9.97 Å². The van der Waals surface area contributed by atoms with Crippen molar-refractivity contribution in [2.24, 2.45) is 11.8 Å². The van der Waals surface area contributed by atoms with Gasteiger partial charge < -0.3 is 26.0 Å². The number of nitrogens with one attached hydrogen (secondary N) is 1. The highest BCUT2D eigenvalue weighted by molar-refractivity contribution is 5.66. The van der Waals surface area contributed by atoms with Crippen LogP contribution in [0.25, 0.3) is 0 Å². The summed E-state index contributed by atoms with van der Waals surface area (Å²) in [5.41, 5.74) is 5.93. The first-order chi connectivity index (χ1) is 12.0. The number of hydrogen-bond donors (Lipinski definition) is 3. The second kappa shape index (κ2) is 6.24. The summed E-state index contributed by atoms with van der Waals surface area (Å²) in [4.78, 5) is 23.5. The molecule has 3 aliphatic rings. The Morgan fingerprint density at radius 1 is 1.32 bits per heavy atom. The lowest BCUT2D eigenvalue weighted by Crippen LogP contribution is -2.54. The number of hydrogen-bond acceptors (Lipinski definition) is 6. The Morgan fingerprint density at radius 2 is 2.16 bits per heavy atom. The number of nitrogen functional groups attached to an aromatic ring is 1. The number of nitrogens with zero attached hydrogens (tertiary/aromatic N) is 4.